The van der Waals surface area contributed by atoms with Gasteiger partial charge in [-0.3, -0.25) is 4.79 Å². The van der Waals surface area contributed by atoms with Crippen LogP contribution in [0, 0.1) is 0 Å². The van der Waals surface area contributed by atoms with Gasteiger partial charge in [0.1, 0.15) is 5.75 Å². The highest BCUT2D eigenvalue weighted by Gasteiger charge is 2.15. The summed E-state index contributed by atoms with van der Waals surface area (Å²) in [6.45, 7) is 9.60. The van der Waals surface area contributed by atoms with Crippen LogP contribution in [0.1, 0.15) is 28.2 Å². The van der Waals surface area contributed by atoms with E-state index in [0.29, 0.717) is 5.75 Å². The summed E-state index contributed by atoms with van der Waals surface area (Å²) in [5.41, 5.74) is 1.16. The van der Waals surface area contributed by atoms with Crippen LogP contribution in [0.5, 0.6) is 5.75 Å². The van der Waals surface area contributed by atoms with Crippen LogP contribution in [-0.2, 0) is 4.79 Å². The third-order valence-electron chi connectivity index (χ3n) is 3.04. The molecule has 1 fully saturated rings. The Bertz CT molecular complexity index is 444. The maximum atomic E-state index is 10.9. The van der Waals surface area contributed by atoms with Crippen molar-refractivity contribution in [3.05, 3.63) is 22.7 Å². The Balaban J connectivity index is 0.00000128. The first kappa shape index (κ1) is 19.9. The molecule has 0 radical (unpaired) electrons. The summed E-state index contributed by atoms with van der Waals surface area (Å²) in [6.07, 6.45) is 0. The van der Waals surface area contributed by atoms with Crippen molar-refractivity contribution < 1.29 is 9.53 Å². The van der Waals surface area contributed by atoms with Crippen LogP contribution in [0.3, 0.4) is 0 Å². The van der Waals surface area contributed by atoms with E-state index in [9.17, 15) is 4.79 Å². The topological polar surface area (TPSA) is 32.8 Å². The largest absolute Gasteiger partial charge is 0.426 e. The molecule has 1 saturated heterocycles. The lowest BCUT2D eigenvalue weighted by atomic mass is 10.2. The van der Waals surface area contributed by atoms with Gasteiger partial charge < -0.3 is 14.5 Å². The Labute approximate surface area is 137 Å². The highest BCUT2D eigenvalue weighted by molar-refractivity contribution is 9.10. The van der Waals surface area contributed by atoms with Crippen molar-refractivity contribution in [2.45, 2.75) is 28.2 Å². The average molecular weight is 359 g/mol. The second kappa shape index (κ2) is 9.79. The molecule has 1 aliphatic rings. The van der Waals surface area contributed by atoms with E-state index in [-0.39, 0.29) is 13.4 Å². The maximum absolute atomic E-state index is 10.9. The lowest BCUT2D eigenvalue weighted by Gasteiger charge is -2.34. The van der Waals surface area contributed by atoms with Gasteiger partial charge in [-0.25, -0.2) is 0 Å². The molecule has 1 aromatic rings. The van der Waals surface area contributed by atoms with Crippen molar-refractivity contribution >= 4 is 27.6 Å². The Hall–Kier alpha value is -1.07. The molecule has 2 rings (SSSR count). The molecule has 0 bridgehead atoms. The van der Waals surface area contributed by atoms with Crippen LogP contribution in [0.2, 0.25) is 0 Å². The number of benzene rings is 1. The number of halogens is 1. The first-order chi connectivity index (χ1) is 9.56. The maximum Gasteiger partial charge on any atom is 0.308 e. The van der Waals surface area contributed by atoms with Crippen molar-refractivity contribution in [1.82, 2.24) is 4.90 Å². The molecule has 0 aromatic heterocycles. The number of esters is 1. The molecular formula is C16H27BrN2O2. The minimum Gasteiger partial charge on any atom is -0.426 e. The molecule has 1 heterocycles. The van der Waals surface area contributed by atoms with Gasteiger partial charge in [-0.15, -0.1) is 0 Å². The number of carbonyl (C=O) groups is 1. The molecule has 5 heteroatoms. The smallest absolute Gasteiger partial charge is 0.308 e. The van der Waals surface area contributed by atoms with Gasteiger partial charge in [-0.2, -0.15) is 0 Å². The predicted molar refractivity (Wildman–Crippen MR) is 93.2 cm³/mol. The second-order valence-electron chi connectivity index (χ2n) is 4.50. The summed E-state index contributed by atoms with van der Waals surface area (Å²) in [6, 6.07) is 5.83. The van der Waals surface area contributed by atoms with Crippen molar-refractivity contribution in [3.63, 3.8) is 0 Å². The van der Waals surface area contributed by atoms with Gasteiger partial charge in [0.25, 0.3) is 0 Å². The van der Waals surface area contributed by atoms with E-state index in [4.69, 9.17) is 4.74 Å². The monoisotopic (exact) mass is 358 g/mol. The third-order valence-corrected chi connectivity index (χ3v) is 3.66. The second-order valence-corrected chi connectivity index (χ2v) is 5.35. The van der Waals surface area contributed by atoms with Crippen LogP contribution in [0.25, 0.3) is 0 Å². The van der Waals surface area contributed by atoms with Crippen LogP contribution in [0.15, 0.2) is 22.7 Å². The van der Waals surface area contributed by atoms with Gasteiger partial charge >= 0.3 is 5.97 Å². The molecule has 0 unspecified atom stereocenters. The van der Waals surface area contributed by atoms with Gasteiger partial charge in [0, 0.05) is 38.8 Å². The molecule has 0 saturated carbocycles. The Morgan fingerprint density at radius 1 is 1.19 bits per heavy atom. The van der Waals surface area contributed by atoms with Crippen LogP contribution < -0.4 is 9.64 Å². The van der Waals surface area contributed by atoms with Crippen molar-refractivity contribution in [2.24, 2.45) is 0 Å². The summed E-state index contributed by atoms with van der Waals surface area (Å²) in [5.74, 6) is 0.267. The van der Waals surface area contributed by atoms with Crippen LogP contribution in [-0.4, -0.2) is 44.1 Å². The lowest BCUT2D eigenvalue weighted by Crippen LogP contribution is -2.44. The van der Waals surface area contributed by atoms with E-state index < -0.39 is 0 Å². The molecule has 0 amide bonds. The van der Waals surface area contributed by atoms with Crippen molar-refractivity contribution in [3.8, 4) is 5.75 Å². The summed E-state index contributed by atoms with van der Waals surface area (Å²) < 4.78 is 5.91. The number of hydrogen-bond donors (Lipinski definition) is 0. The van der Waals surface area contributed by atoms with Crippen molar-refractivity contribution in [1.29, 1.82) is 0 Å². The zero-order chi connectivity index (χ0) is 15.1. The molecule has 21 heavy (non-hydrogen) atoms. The first-order valence-electron chi connectivity index (χ1n) is 6.98. The molecule has 0 spiro atoms. The van der Waals surface area contributed by atoms with E-state index in [1.165, 1.54) is 6.92 Å². The first-order valence-corrected chi connectivity index (χ1v) is 7.77. The van der Waals surface area contributed by atoms with Crippen LogP contribution in [0.4, 0.5) is 5.69 Å². The molecule has 120 valence electrons. The number of hydrogen-bond acceptors (Lipinski definition) is 4. The minimum atomic E-state index is -0.303. The SMILES string of the molecule is C.CC.CC(=O)Oc1ccc(N2CCN(C)CC2)cc1Br. The highest BCUT2D eigenvalue weighted by atomic mass is 79.9. The minimum absolute atomic E-state index is 0. The summed E-state index contributed by atoms with van der Waals surface area (Å²) in [7, 11) is 2.14. The Kier molecular flexibility index (Phi) is 9.29. The molecule has 0 N–H and O–H groups in total. The van der Waals surface area contributed by atoms with Gasteiger partial charge in [-0.05, 0) is 41.2 Å². The van der Waals surface area contributed by atoms with Gasteiger partial charge in [-0.1, -0.05) is 21.3 Å². The van der Waals surface area contributed by atoms with E-state index in [1.807, 2.05) is 32.0 Å². The van der Waals surface area contributed by atoms with E-state index in [1.54, 1.807) is 0 Å². The summed E-state index contributed by atoms with van der Waals surface area (Å²) in [5, 5.41) is 0. The fourth-order valence-electron chi connectivity index (χ4n) is 1.99. The molecule has 1 aliphatic heterocycles. The number of anilines is 1. The molecule has 1 aromatic carbocycles. The van der Waals surface area contributed by atoms with Crippen LogP contribution >= 0.6 is 15.9 Å². The molecule has 0 atom stereocenters. The number of ether oxygens (including phenoxy) is 1. The molecule has 0 aliphatic carbocycles. The average Bonchev–Trinajstić information content (AvgIpc) is 2.44. The quantitative estimate of drug-likeness (QED) is 0.594. The summed E-state index contributed by atoms with van der Waals surface area (Å²) >= 11 is 3.44. The fraction of sp³-hybridized carbons (Fsp3) is 0.562. The normalized spacial score (nSPS) is 14.6. The zero-order valence-corrected chi connectivity index (χ0v) is 14.2. The van der Waals surface area contributed by atoms with E-state index in [0.717, 1.165) is 36.3 Å². The molecule has 4 nitrogen and oxygen atoms in total. The van der Waals surface area contributed by atoms with E-state index in [2.05, 4.69) is 32.8 Å². The Morgan fingerprint density at radius 3 is 2.24 bits per heavy atom. The zero-order valence-electron chi connectivity index (χ0n) is 12.6. The van der Waals surface area contributed by atoms with Gasteiger partial charge in [0.05, 0.1) is 4.47 Å². The van der Waals surface area contributed by atoms with Gasteiger partial charge in [0.2, 0.25) is 0 Å². The summed E-state index contributed by atoms with van der Waals surface area (Å²) in [4.78, 5) is 15.6. The highest BCUT2D eigenvalue weighted by Crippen LogP contribution is 2.30. The lowest BCUT2D eigenvalue weighted by molar-refractivity contribution is -0.131. The standard InChI is InChI=1S/C13H17BrN2O2.C2H6.CH4/c1-10(17)18-13-4-3-11(9-12(13)14)16-7-5-15(2)6-8-16;1-2;/h3-4,9H,5-8H2,1-2H3;1-2H3;1H4. The van der Waals surface area contributed by atoms with E-state index >= 15 is 0 Å². The number of carbonyl (C=O) groups excluding carboxylic acids is 1. The predicted octanol–water partition coefficient (Wildman–Crippen LogP) is 3.79. The fourth-order valence-corrected chi connectivity index (χ4v) is 2.44. The number of rotatable bonds is 2. The molecular weight excluding hydrogens is 332 g/mol. The Morgan fingerprint density at radius 2 is 1.76 bits per heavy atom. The third kappa shape index (κ3) is 6.06. The van der Waals surface area contributed by atoms with Crippen molar-refractivity contribution in [2.75, 3.05) is 38.1 Å². The number of likely N-dealkylation sites (N-methyl/N-ethyl adjacent to an activating group) is 1. The number of piperazine rings is 1. The number of nitrogens with zero attached hydrogens (tertiary/aromatic N) is 2. The van der Waals surface area contributed by atoms with Gasteiger partial charge in [0.15, 0.2) is 0 Å².